The zero-order valence-electron chi connectivity index (χ0n) is 10.0. The average molecular weight is 219 g/mol. The summed E-state index contributed by atoms with van der Waals surface area (Å²) in [4.78, 5) is 7.08. The summed E-state index contributed by atoms with van der Waals surface area (Å²) in [5.41, 5.74) is 6.81. The van der Waals surface area contributed by atoms with Gasteiger partial charge in [-0.1, -0.05) is 13.0 Å². The third kappa shape index (κ3) is 2.73. The van der Waals surface area contributed by atoms with E-state index in [9.17, 15) is 0 Å². The molecule has 0 spiro atoms. The van der Waals surface area contributed by atoms with Crippen molar-refractivity contribution < 1.29 is 0 Å². The minimum atomic E-state index is 0.515. The van der Waals surface area contributed by atoms with Gasteiger partial charge in [-0.3, -0.25) is 0 Å². The molecule has 0 radical (unpaired) electrons. The fourth-order valence-electron chi connectivity index (χ4n) is 2.14. The van der Waals surface area contributed by atoms with Crippen LogP contribution in [-0.2, 0) is 6.42 Å². The van der Waals surface area contributed by atoms with Gasteiger partial charge in [0.25, 0.3) is 0 Å². The van der Waals surface area contributed by atoms with Crippen molar-refractivity contribution in [3.05, 3.63) is 23.9 Å². The zero-order chi connectivity index (χ0) is 11.4. The fraction of sp³-hybridized carbons (Fsp3) is 0.615. The number of hydrogen-bond acceptors (Lipinski definition) is 3. The first-order valence-corrected chi connectivity index (χ1v) is 6.20. The first-order valence-electron chi connectivity index (χ1n) is 6.20. The smallest absolute Gasteiger partial charge is 0.128 e. The minimum absolute atomic E-state index is 0.515. The van der Waals surface area contributed by atoms with Crippen LogP contribution in [-0.4, -0.2) is 24.6 Å². The summed E-state index contributed by atoms with van der Waals surface area (Å²) < 4.78 is 0. The molecule has 16 heavy (non-hydrogen) atoms. The number of rotatable bonds is 4. The van der Waals surface area contributed by atoms with Gasteiger partial charge in [-0.05, 0) is 43.9 Å². The van der Waals surface area contributed by atoms with E-state index in [0.29, 0.717) is 5.92 Å². The van der Waals surface area contributed by atoms with Crippen molar-refractivity contribution in [3.63, 3.8) is 0 Å². The Bertz CT molecular complexity index is 332. The second kappa shape index (κ2) is 5.30. The number of nitrogens with two attached hydrogens (primary N) is 1. The standard InChI is InChI=1S/C13H21N3/c1-11(10-14)9-12-5-4-6-13(15-12)16-7-2-3-8-16/h4-6,11H,2-3,7-10,14H2,1H3. The van der Waals surface area contributed by atoms with Gasteiger partial charge in [-0.15, -0.1) is 0 Å². The second-order valence-electron chi connectivity index (χ2n) is 4.73. The van der Waals surface area contributed by atoms with E-state index in [1.54, 1.807) is 0 Å². The Labute approximate surface area is 97.7 Å². The van der Waals surface area contributed by atoms with Crippen molar-refractivity contribution in [1.82, 2.24) is 4.98 Å². The van der Waals surface area contributed by atoms with Gasteiger partial charge in [0.15, 0.2) is 0 Å². The molecule has 0 aromatic carbocycles. The van der Waals surface area contributed by atoms with Crippen LogP contribution in [0.25, 0.3) is 0 Å². The first-order chi connectivity index (χ1) is 7.79. The Balaban J connectivity index is 2.06. The highest BCUT2D eigenvalue weighted by Gasteiger charge is 2.13. The number of pyridine rings is 1. The molecular weight excluding hydrogens is 198 g/mol. The minimum Gasteiger partial charge on any atom is -0.357 e. The van der Waals surface area contributed by atoms with E-state index in [-0.39, 0.29) is 0 Å². The summed E-state index contributed by atoms with van der Waals surface area (Å²) >= 11 is 0. The lowest BCUT2D eigenvalue weighted by Crippen LogP contribution is -2.20. The summed E-state index contributed by atoms with van der Waals surface area (Å²) in [7, 11) is 0. The lowest BCUT2D eigenvalue weighted by atomic mass is 10.1. The lowest BCUT2D eigenvalue weighted by Gasteiger charge is -2.17. The highest BCUT2D eigenvalue weighted by Crippen LogP contribution is 2.18. The molecule has 1 aromatic rings. The van der Waals surface area contributed by atoms with Gasteiger partial charge >= 0.3 is 0 Å². The SMILES string of the molecule is CC(CN)Cc1cccc(N2CCCC2)n1. The molecule has 3 heteroatoms. The van der Waals surface area contributed by atoms with E-state index in [2.05, 4.69) is 30.0 Å². The van der Waals surface area contributed by atoms with E-state index in [1.165, 1.54) is 18.5 Å². The van der Waals surface area contributed by atoms with E-state index >= 15 is 0 Å². The quantitative estimate of drug-likeness (QED) is 0.840. The molecule has 2 rings (SSSR count). The van der Waals surface area contributed by atoms with Crippen LogP contribution in [0.2, 0.25) is 0 Å². The van der Waals surface area contributed by atoms with Gasteiger partial charge in [-0.25, -0.2) is 4.98 Å². The Morgan fingerprint density at radius 2 is 2.12 bits per heavy atom. The van der Waals surface area contributed by atoms with Crippen LogP contribution in [0, 0.1) is 5.92 Å². The van der Waals surface area contributed by atoms with Crippen LogP contribution >= 0.6 is 0 Å². The first kappa shape index (κ1) is 11.4. The molecule has 88 valence electrons. The van der Waals surface area contributed by atoms with Crippen molar-refractivity contribution in [3.8, 4) is 0 Å². The Morgan fingerprint density at radius 3 is 2.81 bits per heavy atom. The molecule has 2 heterocycles. The molecule has 1 atom stereocenters. The van der Waals surface area contributed by atoms with Crippen molar-refractivity contribution >= 4 is 5.82 Å². The fourth-order valence-corrected chi connectivity index (χ4v) is 2.14. The lowest BCUT2D eigenvalue weighted by molar-refractivity contribution is 0.584. The Morgan fingerprint density at radius 1 is 1.38 bits per heavy atom. The molecule has 1 saturated heterocycles. The Hall–Kier alpha value is -1.09. The van der Waals surface area contributed by atoms with Gasteiger partial charge in [0.05, 0.1) is 0 Å². The van der Waals surface area contributed by atoms with Crippen molar-refractivity contribution in [2.24, 2.45) is 11.7 Å². The summed E-state index contributed by atoms with van der Waals surface area (Å²) in [6, 6.07) is 6.33. The third-order valence-electron chi connectivity index (χ3n) is 3.18. The van der Waals surface area contributed by atoms with Gasteiger partial charge in [-0.2, -0.15) is 0 Å². The number of aromatic nitrogens is 1. The zero-order valence-corrected chi connectivity index (χ0v) is 10.0. The third-order valence-corrected chi connectivity index (χ3v) is 3.18. The largest absolute Gasteiger partial charge is 0.357 e. The summed E-state index contributed by atoms with van der Waals surface area (Å²) in [5.74, 6) is 1.65. The predicted octanol–water partition coefficient (Wildman–Crippen LogP) is 1.82. The van der Waals surface area contributed by atoms with Crippen LogP contribution < -0.4 is 10.6 Å². The molecule has 1 unspecified atom stereocenters. The molecule has 1 aliphatic rings. The second-order valence-corrected chi connectivity index (χ2v) is 4.73. The molecule has 2 N–H and O–H groups in total. The number of hydrogen-bond donors (Lipinski definition) is 1. The molecule has 1 aliphatic heterocycles. The molecule has 1 aromatic heterocycles. The summed E-state index contributed by atoms with van der Waals surface area (Å²) in [5, 5.41) is 0. The van der Waals surface area contributed by atoms with E-state index in [0.717, 1.165) is 31.9 Å². The normalized spacial score (nSPS) is 17.8. The van der Waals surface area contributed by atoms with Gasteiger partial charge < -0.3 is 10.6 Å². The maximum atomic E-state index is 5.64. The highest BCUT2D eigenvalue weighted by atomic mass is 15.2. The molecule has 0 saturated carbocycles. The van der Waals surface area contributed by atoms with Crippen molar-refractivity contribution in [2.75, 3.05) is 24.5 Å². The molecule has 1 fully saturated rings. The molecule has 0 bridgehead atoms. The van der Waals surface area contributed by atoms with Crippen LogP contribution in [0.3, 0.4) is 0 Å². The maximum Gasteiger partial charge on any atom is 0.128 e. The molecule has 0 amide bonds. The van der Waals surface area contributed by atoms with E-state index in [1.807, 2.05) is 0 Å². The van der Waals surface area contributed by atoms with Gasteiger partial charge in [0.1, 0.15) is 5.82 Å². The molecule has 3 nitrogen and oxygen atoms in total. The van der Waals surface area contributed by atoms with Crippen LogP contribution in [0.4, 0.5) is 5.82 Å². The Kier molecular flexibility index (Phi) is 3.78. The summed E-state index contributed by atoms with van der Waals surface area (Å²) in [6.07, 6.45) is 3.58. The highest BCUT2D eigenvalue weighted by molar-refractivity contribution is 5.40. The number of anilines is 1. The van der Waals surface area contributed by atoms with Crippen molar-refractivity contribution in [2.45, 2.75) is 26.2 Å². The predicted molar refractivity (Wildman–Crippen MR) is 67.6 cm³/mol. The van der Waals surface area contributed by atoms with Gasteiger partial charge in [0, 0.05) is 18.8 Å². The van der Waals surface area contributed by atoms with Gasteiger partial charge in [0.2, 0.25) is 0 Å². The maximum absolute atomic E-state index is 5.64. The van der Waals surface area contributed by atoms with E-state index < -0.39 is 0 Å². The monoisotopic (exact) mass is 219 g/mol. The van der Waals surface area contributed by atoms with Crippen LogP contribution in [0.15, 0.2) is 18.2 Å². The average Bonchev–Trinajstić information content (AvgIpc) is 2.83. The topological polar surface area (TPSA) is 42.1 Å². The van der Waals surface area contributed by atoms with Crippen LogP contribution in [0.5, 0.6) is 0 Å². The molecular formula is C13H21N3. The van der Waals surface area contributed by atoms with E-state index in [4.69, 9.17) is 10.7 Å². The summed E-state index contributed by atoms with van der Waals surface area (Å²) in [6.45, 7) is 5.21. The molecule has 0 aliphatic carbocycles. The number of nitrogens with zero attached hydrogens (tertiary/aromatic N) is 2. The van der Waals surface area contributed by atoms with Crippen LogP contribution in [0.1, 0.15) is 25.5 Å². The van der Waals surface area contributed by atoms with Crippen molar-refractivity contribution in [1.29, 1.82) is 0 Å².